The molecule has 1 rings (SSSR count). The van der Waals surface area contributed by atoms with E-state index < -0.39 is 0 Å². The lowest BCUT2D eigenvalue weighted by atomic mass is 10.4. The molecule has 1 aromatic rings. The molecule has 0 aliphatic carbocycles. The molecule has 0 fully saturated rings. The van der Waals surface area contributed by atoms with Gasteiger partial charge in [-0.3, -0.25) is 9.89 Å². The zero-order valence-corrected chi connectivity index (χ0v) is 9.22. The van der Waals surface area contributed by atoms with Crippen LogP contribution in [-0.2, 0) is 0 Å². The highest BCUT2D eigenvalue weighted by Gasteiger charge is 2.09. The third-order valence-electron chi connectivity index (χ3n) is 1.22. The quantitative estimate of drug-likeness (QED) is 0.567. The van der Waals surface area contributed by atoms with Crippen molar-refractivity contribution in [3.63, 3.8) is 0 Å². The SMILES string of the molecule is O=C(NCCS)c1[nH]ncc1I. The van der Waals surface area contributed by atoms with Crippen LogP contribution in [0, 0.1) is 3.57 Å². The van der Waals surface area contributed by atoms with Crippen LogP contribution >= 0.6 is 35.2 Å². The van der Waals surface area contributed by atoms with E-state index in [-0.39, 0.29) is 5.91 Å². The Hall–Kier alpha value is -0.240. The van der Waals surface area contributed by atoms with Gasteiger partial charge in [-0.2, -0.15) is 17.7 Å². The lowest BCUT2D eigenvalue weighted by Gasteiger charge is -1.99. The van der Waals surface area contributed by atoms with E-state index in [0.717, 1.165) is 3.57 Å². The molecule has 0 saturated heterocycles. The summed E-state index contributed by atoms with van der Waals surface area (Å²) in [6.45, 7) is 0.567. The minimum atomic E-state index is -0.133. The summed E-state index contributed by atoms with van der Waals surface area (Å²) in [5, 5.41) is 9.04. The molecule has 0 aromatic carbocycles. The number of carbonyl (C=O) groups excluding carboxylic acids is 1. The van der Waals surface area contributed by atoms with E-state index >= 15 is 0 Å². The van der Waals surface area contributed by atoms with Crippen LogP contribution in [0.3, 0.4) is 0 Å². The van der Waals surface area contributed by atoms with Crippen LogP contribution in [0.2, 0.25) is 0 Å². The largest absolute Gasteiger partial charge is 0.350 e. The number of carbonyl (C=O) groups is 1. The van der Waals surface area contributed by atoms with Gasteiger partial charge in [0.05, 0.1) is 9.77 Å². The second-order valence-electron chi connectivity index (χ2n) is 2.07. The maximum atomic E-state index is 11.3. The molecular weight excluding hydrogens is 289 g/mol. The van der Waals surface area contributed by atoms with Crippen LogP contribution in [0.5, 0.6) is 0 Å². The molecule has 0 aliphatic rings. The van der Waals surface area contributed by atoms with Crippen molar-refractivity contribution in [1.29, 1.82) is 0 Å². The van der Waals surface area contributed by atoms with Gasteiger partial charge in [-0.05, 0) is 22.6 Å². The minimum Gasteiger partial charge on any atom is -0.350 e. The third kappa shape index (κ3) is 2.37. The Labute approximate surface area is 89.1 Å². The third-order valence-corrected chi connectivity index (χ3v) is 2.26. The molecule has 1 heterocycles. The Balaban J connectivity index is 2.59. The number of aromatic amines is 1. The summed E-state index contributed by atoms with van der Waals surface area (Å²) >= 11 is 6.02. The molecule has 0 saturated carbocycles. The Morgan fingerprint density at radius 1 is 1.83 bits per heavy atom. The predicted octanol–water partition coefficient (Wildman–Crippen LogP) is 0.674. The highest BCUT2D eigenvalue weighted by molar-refractivity contribution is 14.1. The molecule has 0 aliphatic heterocycles. The average Bonchev–Trinajstić information content (AvgIpc) is 2.47. The first-order valence-corrected chi connectivity index (χ1v) is 5.04. The van der Waals surface area contributed by atoms with Gasteiger partial charge in [-0.15, -0.1) is 0 Å². The Morgan fingerprint density at radius 3 is 3.08 bits per heavy atom. The average molecular weight is 297 g/mol. The van der Waals surface area contributed by atoms with Crippen molar-refractivity contribution < 1.29 is 4.79 Å². The molecule has 0 atom stereocenters. The molecule has 6 heteroatoms. The van der Waals surface area contributed by atoms with Crippen molar-refractivity contribution >= 4 is 41.1 Å². The topological polar surface area (TPSA) is 57.8 Å². The van der Waals surface area contributed by atoms with Gasteiger partial charge in [0.2, 0.25) is 0 Å². The number of nitrogens with zero attached hydrogens (tertiary/aromatic N) is 1. The van der Waals surface area contributed by atoms with Crippen molar-refractivity contribution in [2.24, 2.45) is 0 Å². The van der Waals surface area contributed by atoms with E-state index in [1.54, 1.807) is 6.20 Å². The summed E-state index contributed by atoms with van der Waals surface area (Å²) in [5.74, 6) is 0.502. The van der Waals surface area contributed by atoms with Crippen LogP contribution in [0.25, 0.3) is 0 Å². The number of hydrogen-bond acceptors (Lipinski definition) is 3. The smallest absolute Gasteiger partial charge is 0.270 e. The highest BCUT2D eigenvalue weighted by atomic mass is 127. The molecule has 0 spiro atoms. The Bertz CT molecular complexity index is 276. The lowest BCUT2D eigenvalue weighted by Crippen LogP contribution is -2.26. The molecule has 12 heavy (non-hydrogen) atoms. The number of hydrogen-bond donors (Lipinski definition) is 3. The Morgan fingerprint density at radius 2 is 2.58 bits per heavy atom. The summed E-state index contributed by atoms with van der Waals surface area (Å²) in [6, 6.07) is 0. The summed E-state index contributed by atoms with van der Waals surface area (Å²) in [6.07, 6.45) is 1.61. The van der Waals surface area contributed by atoms with Gasteiger partial charge in [0, 0.05) is 12.3 Å². The van der Waals surface area contributed by atoms with Gasteiger partial charge in [0.25, 0.3) is 5.91 Å². The van der Waals surface area contributed by atoms with Crippen molar-refractivity contribution in [3.05, 3.63) is 15.5 Å². The number of thiol groups is 1. The number of amides is 1. The van der Waals surface area contributed by atoms with E-state index in [2.05, 4.69) is 28.1 Å². The van der Waals surface area contributed by atoms with Crippen LogP contribution in [0.1, 0.15) is 10.5 Å². The second kappa shape index (κ2) is 4.70. The standard InChI is InChI=1S/C6H8IN3OS/c7-4-3-9-10-5(4)6(11)8-1-2-12/h3,12H,1-2H2,(H,8,11)(H,9,10). The normalized spacial score (nSPS) is 9.83. The molecule has 1 amide bonds. The summed E-state index contributed by atoms with van der Waals surface area (Å²) in [7, 11) is 0. The van der Waals surface area contributed by atoms with Gasteiger partial charge < -0.3 is 5.32 Å². The lowest BCUT2D eigenvalue weighted by molar-refractivity contribution is 0.0950. The van der Waals surface area contributed by atoms with Crippen molar-refractivity contribution in [2.75, 3.05) is 12.3 Å². The number of halogens is 1. The molecule has 0 bridgehead atoms. The Kier molecular flexibility index (Phi) is 3.86. The predicted molar refractivity (Wildman–Crippen MR) is 57.5 cm³/mol. The minimum absolute atomic E-state index is 0.133. The fourth-order valence-electron chi connectivity index (χ4n) is 0.689. The van der Waals surface area contributed by atoms with Gasteiger partial charge in [-0.25, -0.2) is 0 Å². The van der Waals surface area contributed by atoms with E-state index in [0.29, 0.717) is 18.0 Å². The number of rotatable bonds is 3. The van der Waals surface area contributed by atoms with E-state index in [4.69, 9.17) is 0 Å². The van der Waals surface area contributed by atoms with E-state index in [1.165, 1.54) is 0 Å². The van der Waals surface area contributed by atoms with Crippen LogP contribution in [0.15, 0.2) is 6.20 Å². The molecule has 2 N–H and O–H groups in total. The maximum Gasteiger partial charge on any atom is 0.270 e. The molecule has 0 radical (unpaired) electrons. The monoisotopic (exact) mass is 297 g/mol. The molecule has 1 aromatic heterocycles. The van der Waals surface area contributed by atoms with E-state index in [9.17, 15) is 4.79 Å². The molecule has 0 unspecified atom stereocenters. The van der Waals surface area contributed by atoms with Crippen molar-refractivity contribution in [3.8, 4) is 0 Å². The first kappa shape index (κ1) is 9.85. The summed E-state index contributed by atoms with van der Waals surface area (Å²) in [4.78, 5) is 11.3. The number of H-pyrrole nitrogens is 1. The molecule has 4 nitrogen and oxygen atoms in total. The zero-order valence-electron chi connectivity index (χ0n) is 6.17. The van der Waals surface area contributed by atoms with Crippen LogP contribution in [0.4, 0.5) is 0 Å². The maximum absolute atomic E-state index is 11.3. The van der Waals surface area contributed by atoms with Gasteiger partial charge in [0.15, 0.2) is 0 Å². The zero-order chi connectivity index (χ0) is 8.97. The number of nitrogens with one attached hydrogen (secondary N) is 2. The first-order valence-electron chi connectivity index (χ1n) is 3.33. The summed E-state index contributed by atoms with van der Waals surface area (Å²) in [5.41, 5.74) is 0.511. The fraction of sp³-hybridized carbons (Fsp3) is 0.333. The highest BCUT2D eigenvalue weighted by Crippen LogP contribution is 2.06. The molecule has 66 valence electrons. The van der Waals surface area contributed by atoms with Crippen molar-refractivity contribution in [2.45, 2.75) is 0 Å². The molecular formula is C6H8IN3OS. The van der Waals surface area contributed by atoms with Crippen LogP contribution in [-0.4, -0.2) is 28.4 Å². The van der Waals surface area contributed by atoms with Gasteiger partial charge in [0.1, 0.15) is 5.69 Å². The van der Waals surface area contributed by atoms with Crippen molar-refractivity contribution in [1.82, 2.24) is 15.5 Å². The second-order valence-corrected chi connectivity index (χ2v) is 3.68. The summed E-state index contributed by atoms with van der Waals surface area (Å²) < 4.78 is 0.823. The van der Waals surface area contributed by atoms with E-state index in [1.807, 2.05) is 22.6 Å². The number of aromatic nitrogens is 2. The first-order chi connectivity index (χ1) is 5.75. The fourth-order valence-corrected chi connectivity index (χ4v) is 1.31. The van der Waals surface area contributed by atoms with Gasteiger partial charge >= 0.3 is 0 Å². The van der Waals surface area contributed by atoms with Crippen LogP contribution < -0.4 is 5.32 Å². The van der Waals surface area contributed by atoms with Gasteiger partial charge in [-0.1, -0.05) is 0 Å².